The van der Waals surface area contributed by atoms with Crippen LogP contribution in [0.5, 0.6) is 5.75 Å². The molecule has 31 heavy (non-hydrogen) atoms. The number of hydrogen-bond acceptors (Lipinski definition) is 4. The molecule has 0 spiro atoms. The highest BCUT2D eigenvalue weighted by Gasteiger charge is 2.26. The number of benzene rings is 3. The third-order valence-electron chi connectivity index (χ3n) is 4.54. The molecular formula is C22H20Cl2N2O4S. The van der Waals surface area contributed by atoms with Crippen molar-refractivity contribution in [2.45, 2.75) is 11.4 Å². The second-order valence-electron chi connectivity index (χ2n) is 6.70. The van der Waals surface area contributed by atoms with Crippen LogP contribution in [0.1, 0.15) is 15.9 Å². The van der Waals surface area contributed by atoms with Gasteiger partial charge in [-0.2, -0.15) is 4.31 Å². The van der Waals surface area contributed by atoms with Crippen molar-refractivity contribution in [2.24, 2.45) is 0 Å². The summed E-state index contributed by atoms with van der Waals surface area (Å²) in [6.45, 7) is 0.173. The van der Waals surface area contributed by atoms with Gasteiger partial charge in [0, 0.05) is 24.8 Å². The van der Waals surface area contributed by atoms with Gasteiger partial charge in [0.15, 0.2) is 0 Å². The Hall–Kier alpha value is -2.58. The highest BCUT2D eigenvalue weighted by Crippen LogP contribution is 2.29. The van der Waals surface area contributed by atoms with Crippen LogP contribution in [0.2, 0.25) is 10.0 Å². The first-order chi connectivity index (χ1) is 14.7. The molecular weight excluding hydrogens is 459 g/mol. The van der Waals surface area contributed by atoms with Crippen molar-refractivity contribution in [2.75, 3.05) is 19.5 Å². The third kappa shape index (κ3) is 5.37. The minimum absolute atomic E-state index is 0.102. The van der Waals surface area contributed by atoms with Crippen LogP contribution in [0.3, 0.4) is 0 Å². The van der Waals surface area contributed by atoms with E-state index in [0.29, 0.717) is 15.7 Å². The topological polar surface area (TPSA) is 75.7 Å². The number of amides is 1. The maximum absolute atomic E-state index is 13.2. The molecule has 0 aliphatic rings. The van der Waals surface area contributed by atoms with E-state index in [1.54, 1.807) is 12.1 Å². The lowest BCUT2D eigenvalue weighted by molar-refractivity contribution is 0.102. The highest BCUT2D eigenvalue weighted by atomic mass is 35.5. The smallest absolute Gasteiger partial charge is 0.255 e. The fraction of sp³-hybridized carbons (Fsp3) is 0.136. The number of rotatable bonds is 7. The van der Waals surface area contributed by atoms with Gasteiger partial charge in [-0.1, -0.05) is 53.5 Å². The van der Waals surface area contributed by atoms with Gasteiger partial charge >= 0.3 is 0 Å². The molecule has 0 aliphatic carbocycles. The van der Waals surface area contributed by atoms with Crippen LogP contribution in [0.25, 0.3) is 0 Å². The molecule has 0 radical (unpaired) electrons. The zero-order valence-corrected chi connectivity index (χ0v) is 19.1. The minimum atomic E-state index is -3.93. The summed E-state index contributed by atoms with van der Waals surface area (Å²) in [6, 6.07) is 18.1. The lowest BCUT2D eigenvalue weighted by Gasteiger charge is -2.19. The largest absolute Gasteiger partial charge is 0.495 e. The molecule has 9 heteroatoms. The number of hydrogen-bond donors (Lipinski definition) is 1. The Labute approximate surface area is 191 Å². The van der Waals surface area contributed by atoms with Gasteiger partial charge in [-0.3, -0.25) is 4.79 Å². The molecule has 3 rings (SSSR count). The van der Waals surface area contributed by atoms with E-state index in [9.17, 15) is 13.2 Å². The van der Waals surface area contributed by atoms with Gasteiger partial charge in [-0.25, -0.2) is 8.42 Å². The third-order valence-corrected chi connectivity index (χ3v) is 7.10. The number of methoxy groups -OCH3 is 1. The van der Waals surface area contributed by atoms with Crippen molar-refractivity contribution in [1.82, 2.24) is 4.31 Å². The van der Waals surface area contributed by atoms with Crippen LogP contribution in [-0.4, -0.2) is 32.8 Å². The van der Waals surface area contributed by atoms with Crippen LogP contribution in [0, 0.1) is 0 Å². The van der Waals surface area contributed by atoms with Gasteiger partial charge in [0.2, 0.25) is 10.0 Å². The lowest BCUT2D eigenvalue weighted by atomic mass is 10.2. The first-order valence-corrected chi connectivity index (χ1v) is 11.4. The zero-order valence-electron chi connectivity index (χ0n) is 16.8. The predicted octanol–water partition coefficient (Wildman–Crippen LogP) is 5.08. The number of halogens is 2. The number of carbonyl (C=O) groups excluding carboxylic acids is 1. The van der Waals surface area contributed by atoms with E-state index in [4.69, 9.17) is 27.9 Å². The van der Waals surface area contributed by atoms with Crippen molar-refractivity contribution in [3.63, 3.8) is 0 Å². The molecule has 0 atom stereocenters. The summed E-state index contributed by atoms with van der Waals surface area (Å²) in [5.74, 6) is -0.353. The molecule has 0 heterocycles. The van der Waals surface area contributed by atoms with Crippen LogP contribution in [0.4, 0.5) is 5.69 Å². The first kappa shape index (κ1) is 23.1. The van der Waals surface area contributed by atoms with E-state index in [0.717, 1.165) is 5.56 Å². The molecule has 0 aliphatic heterocycles. The van der Waals surface area contributed by atoms with Gasteiger partial charge in [0.1, 0.15) is 10.6 Å². The first-order valence-electron chi connectivity index (χ1n) is 9.17. The second-order valence-corrected chi connectivity index (χ2v) is 9.52. The average molecular weight is 479 g/mol. The quantitative estimate of drug-likeness (QED) is 0.513. The molecule has 0 fully saturated rings. The Morgan fingerprint density at radius 1 is 1.00 bits per heavy atom. The van der Waals surface area contributed by atoms with Gasteiger partial charge in [-0.15, -0.1) is 0 Å². The number of sulfonamides is 1. The summed E-state index contributed by atoms with van der Waals surface area (Å²) in [7, 11) is -1.08. The predicted molar refractivity (Wildman–Crippen MR) is 123 cm³/mol. The van der Waals surface area contributed by atoms with E-state index in [-0.39, 0.29) is 22.8 Å². The lowest BCUT2D eigenvalue weighted by Crippen LogP contribution is -2.27. The average Bonchev–Trinajstić information content (AvgIpc) is 2.76. The number of nitrogens with zero attached hydrogens (tertiary/aromatic N) is 1. The van der Waals surface area contributed by atoms with Crippen LogP contribution in [0.15, 0.2) is 71.6 Å². The standard InChI is InChI=1S/C22H20Cl2N2O4S/c1-26(14-15-6-4-3-5-7-15)31(28,29)21-12-16(8-11-20(21)30-2)22(27)25-17-9-10-18(23)19(24)13-17/h3-13H,14H2,1-2H3,(H,25,27). The summed E-state index contributed by atoms with van der Waals surface area (Å²) in [5, 5.41) is 3.33. The maximum Gasteiger partial charge on any atom is 0.255 e. The Morgan fingerprint density at radius 3 is 2.35 bits per heavy atom. The fourth-order valence-corrected chi connectivity index (χ4v) is 4.52. The molecule has 162 valence electrons. The Bertz CT molecular complexity index is 1200. The Morgan fingerprint density at radius 2 is 1.71 bits per heavy atom. The van der Waals surface area contributed by atoms with Crippen molar-refractivity contribution >= 4 is 44.8 Å². The molecule has 0 bridgehead atoms. The molecule has 3 aromatic carbocycles. The van der Waals surface area contributed by atoms with E-state index < -0.39 is 15.9 Å². The van der Waals surface area contributed by atoms with E-state index >= 15 is 0 Å². The Balaban J connectivity index is 1.90. The molecule has 6 nitrogen and oxygen atoms in total. The summed E-state index contributed by atoms with van der Waals surface area (Å²) in [6.07, 6.45) is 0. The molecule has 1 amide bonds. The molecule has 3 aromatic rings. The van der Waals surface area contributed by atoms with Gasteiger partial charge in [-0.05, 0) is 42.0 Å². The van der Waals surface area contributed by atoms with Gasteiger partial charge in [0.25, 0.3) is 5.91 Å². The molecule has 1 N–H and O–H groups in total. The minimum Gasteiger partial charge on any atom is -0.495 e. The summed E-state index contributed by atoms with van der Waals surface area (Å²) in [5.41, 5.74) is 1.42. The second kappa shape index (κ2) is 9.70. The normalized spacial score (nSPS) is 11.4. The molecule has 0 saturated carbocycles. The van der Waals surface area contributed by atoms with Crippen LogP contribution >= 0.6 is 23.2 Å². The fourth-order valence-electron chi connectivity index (χ4n) is 2.89. The van der Waals surface area contributed by atoms with Crippen molar-refractivity contribution in [3.8, 4) is 5.75 Å². The van der Waals surface area contributed by atoms with E-state index in [1.807, 2.05) is 30.3 Å². The van der Waals surface area contributed by atoms with Crippen molar-refractivity contribution in [1.29, 1.82) is 0 Å². The number of ether oxygens (including phenoxy) is 1. The zero-order chi connectivity index (χ0) is 22.6. The Kier molecular flexibility index (Phi) is 7.23. The number of carbonyl (C=O) groups is 1. The van der Waals surface area contributed by atoms with E-state index in [2.05, 4.69) is 5.32 Å². The van der Waals surface area contributed by atoms with Gasteiger partial charge in [0.05, 0.1) is 17.2 Å². The molecule has 0 aromatic heterocycles. The summed E-state index contributed by atoms with van der Waals surface area (Å²) >= 11 is 11.9. The SMILES string of the molecule is COc1ccc(C(=O)Nc2ccc(Cl)c(Cl)c2)cc1S(=O)(=O)N(C)Cc1ccccc1. The summed E-state index contributed by atoms with van der Waals surface area (Å²) < 4.78 is 32.9. The number of nitrogens with one attached hydrogen (secondary N) is 1. The van der Waals surface area contributed by atoms with Crippen LogP contribution < -0.4 is 10.1 Å². The molecule has 0 unspecified atom stereocenters. The van der Waals surface area contributed by atoms with Crippen LogP contribution in [-0.2, 0) is 16.6 Å². The van der Waals surface area contributed by atoms with E-state index in [1.165, 1.54) is 42.7 Å². The van der Waals surface area contributed by atoms with Crippen molar-refractivity contribution in [3.05, 3.63) is 87.9 Å². The number of anilines is 1. The van der Waals surface area contributed by atoms with Gasteiger partial charge < -0.3 is 10.1 Å². The maximum atomic E-state index is 13.2. The van der Waals surface area contributed by atoms with Crippen molar-refractivity contribution < 1.29 is 17.9 Å². The monoisotopic (exact) mass is 478 g/mol. The summed E-state index contributed by atoms with van der Waals surface area (Å²) in [4.78, 5) is 12.6. The highest BCUT2D eigenvalue weighted by molar-refractivity contribution is 7.89. The molecule has 0 saturated heterocycles.